The number of aromatic amines is 1. The Kier molecular flexibility index (Phi) is 0.864. The summed E-state index contributed by atoms with van der Waals surface area (Å²) in [4.78, 5) is 7.14. The lowest BCUT2D eigenvalue weighted by atomic mass is 10.5. The molecule has 0 aromatic carbocycles. The van der Waals surface area contributed by atoms with Crippen molar-refractivity contribution in [2.24, 2.45) is 0 Å². The zero-order chi connectivity index (χ0) is 7.97. The summed E-state index contributed by atoms with van der Waals surface area (Å²) < 4.78 is 1.76. The first-order valence-corrected chi connectivity index (χ1v) is 3.50. The number of fused-ring (bicyclic) bond motifs is 3. The summed E-state index contributed by atoms with van der Waals surface area (Å²) in [6.07, 6.45) is 6.22. The lowest BCUT2D eigenvalue weighted by molar-refractivity contribution is 1.10. The molecule has 0 aliphatic rings. The van der Waals surface area contributed by atoms with Gasteiger partial charge in [-0.15, -0.1) is 10.2 Å². The molecule has 0 aliphatic carbocycles. The van der Waals surface area contributed by atoms with E-state index >= 15 is 0 Å². The molecule has 0 amide bonds. The topological polar surface area (TPSA) is 58.9 Å². The van der Waals surface area contributed by atoms with Gasteiger partial charge in [0.05, 0.1) is 11.7 Å². The second-order valence-electron chi connectivity index (χ2n) is 2.46. The Morgan fingerprint density at radius 1 is 1.50 bits per heavy atom. The molecule has 57 valence electrons. The Morgan fingerprint density at radius 2 is 2.50 bits per heavy atom. The highest BCUT2D eigenvalue weighted by Crippen LogP contribution is 2.09. The van der Waals surface area contributed by atoms with Crippen molar-refractivity contribution in [1.82, 2.24) is 24.6 Å². The molecule has 0 bridgehead atoms. The van der Waals surface area contributed by atoms with E-state index in [1.54, 1.807) is 10.6 Å². The van der Waals surface area contributed by atoms with E-state index in [4.69, 9.17) is 0 Å². The molecule has 12 heavy (non-hydrogen) atoms. The van der Waals surface area contributed by atoms with Crippen molar-refractivity contribution in [1.29, 1.82) is 0 Å². The van der Waals surface area contributed by atoms with Crippen LogP contribution in [0.25, 0.3) is 16.8 Å². The molecule has 3 aromatic heterocycles. The number of hydrogen-bond donors (Lipinski definition) is 1. The molecule has 0 saturated heterocycles. The van der Waals surface area contributed by atoms with E-state index in [1.807, 2.05) is 12.3 Å². The van der Waals surface area contributed by atoms with Crippen molar-refractivity contribution < 1.29 is 0 Å². The van der Waals surface area contributed by atoms with E-state index in [9.17, 15) is 0 Å². The molecule has 0 spiro atoms. The lowest BCUT2D eigenvalue weighted by Gasteiger charge is -1.91. The normalized spacial score (nSPS) is 11.3. The van der Waals surface area contributed by atoms with Crippen LogP contribution in [-0.4, -0.2) is 24.6 Å². The van der Waals surface area contributed by atoms with Crippen LogP contribution in [0.1, 0.15) is 0 Å². The maximum Gasteiger partial charge on any atom is 0.207 e. The molecule has 0 unspecified atom stereocenters. The van der Waals surface area contributed by atoms with Crippen molar-refractivity contribution in [3.8, 4) is 0 Å². The highest BCUT2D eigenvalue weighted by molar-refractivity contribution is 5.73. The molecule has 3 heterocycles. The van der Waals surface area contributed by atoms with Gasteiger partial charge < -0.3 is 4.98 Å². The number of aromatic nitrogens is 5. The summed E-state index contributed by atoms with van der Waals surface area (Å²) in [5.41, 5.74) is 2.47. The molecular formula is C7H4N5. The van der Waals surface area contributed by atoms with Gasteiger partial charge in [0.15, 0.2) is 11.3 Å². The van der Waals surface area contributed by atoms with Gasteiger partial charge in [-0.25, -0.2) is 4.98 Å². The summed E-state index contributed by atoms with van der Waals surface area (Å²) in [6.45, 7) is 0. The van der Waals surface area contributed by atoms with Gasteiger partial charge in [0.2, 0.25) is 6.33 Å². The fourth-order valence-electron chi connectivity index (χ4n) is 1.23. The third kappa shape index (κ3) is 0.554. The van der Waals surface area contributed by atoms with Gasteiger partial charge in [0.25, 0.3) is 0 Å². The largest absolute Gasteiger partial charge is 0.345 e. The van der Waals surface area contributed by atoms with Crippen LogP contribution in [-0.2, 0) is 0 Å². The van der Waals surface area contributed by atoms with Crippen LogP contribution >= 0.6 is 0 Å². The Morgan fingerprint density at radius 3 is 3.50 bits per heavy atom. The standard InChI is InChI=1S/C7H4N5/c1-2-8-7-5(1)12-4-10-11-6(12)3-9-7/h1-3,8H. The Hall–Kier alpha value is -1.91. The zero-order valence-electron chi connectivity index (χ0n) is 6.02. The SMILES string of the molecule is [c]1nnc2cnc3[nH]ccc3n12. The Balaban J connectivity index is 2.71. The quantitative estimate of drug-likeness (QED) is 0.515. The summed E-state index contributed by atoms with van der Waals surface area (Å²) in [6, 6.07) is 1.91. The van der Waals surface area contributed by atoms with Gasteiger partial charge in [-0.1, -0.05) is 0 Å². The first kappa shape index (κ1) is 5.70. The van der Waals surface area contributed by atoms with Crippen LogP contribution < -0.4 is 0 Å². The number of rotatable bonds is 0. The van der Waals surface area contributed by atoms with Gasteiger partial charge in [0.1, 0.15) is 0 Å². The van der Waals surface area contributed by atoms with Crippen LogP contribution in [0, 0.1) is 6.33 Å². The summed E-state index contributed by atoms with van der Waals surface area (Å²) in [5.74, 6) is 0. The second-order valence-corrected chi connectivity index (χ2v) is 2.46. The fourth-order valence-corrected chi connectivity index (χ4v) is 1.23. The van der Waals surface area contributed by atoms with Crippen LogP contribution in [0.15, 0.2) is 18.5 Å². The molecule has 0 atom stereocenters. The molecule has 5 heteroatoms. The molecule has 1 N–H and O–H groups in total. The van der Waals surface area contributed by atoms with Crippen LogP contribution in [0.5, 0.6) is 0 Å². The highest BCUT2D eigenvalue weighted by Gasteiger charge is 2.01. The predicted molar refractivity (Wildman–Crippen MR) is 41.5 cm³/mol. The summed E-state index contributed by atoms with van der Waals surface area (Å²) >= 11 is 0. The third-order valence-electron chi connectivity index (χ3n) is 1.78. The minimum absolute atomic E-state index is 0.710. The number of nitrogens with zero attached hydrogens (tertiary/aromatic N) is 4. The van der Waals surface area contributed by atoms with Crippen molar-refractivity contribution >= 4 is 16.8 Å². The van der Waals surface area contributed by atoms with E-state index in [2.05, 4.69) is 26.5 Å². The van der Waals surface area contributed by atoms with E-state index in [-0.39, 0.29) is 0 Å². The number of hydrogen-bond acceptors (Lipinski definition) is 3. The van der Waals surface area contributed by atoms with Crippen molar-refractivity contribution in [2.45, 2.75) is 0 Å². The van der Waals surface area contributed by atoms with E-state index in [0.29, 0.717) is 5.65 Å². The summed E-state index contributed by atoms with van der Waals surface area (Å²) in [5, 5.41) is 7.49. The lowest BCUT2D eigenvalue weighted by Crippen LogP contribution is -1.86. The maximum absolute atomic E-state index is 4.14. The predicted octanol–water partition coefficient (Wildman–Crippen LogP) is 0.406. The van der Waals surface area contributed by atoms with Crippen molar-refractivity contribution in [3.63, 3.8) is 0 Å². The smallest absolute Gasteiger partial charge is 0.207 e. The van der Waals surface area contributed by atoms with Crippen molar-refractivity contribution in [3.05, 3.63) is 24.8 Å². The molecule has 5 nitrogen and oxygen atoms in total. The molecule has 1 radical (unpaired) electrons. The number of H-pyrrole nitrogens is 1. The van der Waals surface area contributed by atoms with Gasteiger partial charge in [-0.2, -0.15) is 0 Å². The van der Waals surface area contributed by atoms with E-state index < -0.39 is 0 Å². The molecule has 3 aromatic rings. The second kappa shape index (κ2) is 1.82. The molecule has 0 saturated carbocycles. The Bertz CT molecular complexity index is 485. The molecule has 0 fully saturated rings. The average Bonchev–Trinajstić information content (AvgIpc) is 2.71. The van der Waals surface area contributed by atoms with Crippen LogP contribution in [0.4, 0.5) is 0 Å². The van der Waals surface area contributed by atoms with Gasteiger partial charge in [-0.05, 0) is 6.07 Å². The third-order valence-corrected chi connectivity index (χ3v) is 1.78. The van der Waals surface area contributed by atoms with E-state index in [1.165, 1.54) is 0 Å². The molecule has 3 rings (SSSR count). The monoisotopic (exact) mass is 158 g/mol. The molecule has 0 aliphatic heterocycles. The average molecular weight is 158 g/mol. The summed E-state index contributed by atoms with van der Waals surface area (Å²) in [7, 11) is 0. The maximum atomic E-state index is 4.14. The first-order chi connectivity index (χ1) is 5.95. The van der Waals surface area contributed by atoms with Crippen LogP contribution in [0.3, 0.4) is 0 Å². The fraction of sp³-hybridized carbons (Fsp3) is 0. The van der Waals surface area contributed by atoms with E-state index in [0.717, 1.165) is 11.2 Å². The highest BCUT2D eigenvalue weighted by atomic mass is 15.2. The van der Waals surface area contributed by atoms with Gasteiger partial charge in [0, 0.05) is 6.20 Å². The number of nitrogens with one attached hydrogen (secondary N) is 1. The zero-order valence-corrected chi connectivity index (χ0v) is 6.02. The van der Waals surface area contributed by atoms with Crippen LogP contribution in [0.2, 0.25) is 0 Å². The minimum atomic E-state index is 0.710. The van der Waals surface area contributed by atoms with Crippen molar-refractivity contribution in [2.75, 3.05) is 0 Å². The minimum Gasteiger partial charge on any atom is -0.345 e. The molecular weight excluding hydrogens is 154 g/mol. The Labute approximate surface area is 67.1 Å². The first-order valence-electron chi connectivity index (χ1n) is 3.50. The van der Waals surface area contributed by atoms with Gasteiger partial charge in [-0.3, -0.25) is 4.40 Å². The van der Waals surface area contributed by atoms with Gasteiger partial charge >= 0.3 is 0 Å².